The number of ether oxygens (including phenoxy) is 1. The zero-order valence-corrected chi connectivity index (χ0v) is 14.3. The maximum atomic E-state index is 12.0. The van der Waals surface area contributed by atoms with Gasteiger partial charge in [0.05, 0.1) is 5.56 Å². The third-order valence-electron chi connectivity index (χ3n) is 3.90. The average Bonchev–Trinajstić information content (AvgIpc) is 3.09. The van der Waals surface area contributed by atoms with Crippen molar-refractivity contribution in [3.63, 3.8) is 0 Å². The van der Waals surface area contributed by atoms with Gasteiger partial charge in [0.25, 0.3) is 5.91 Å². The van der Waals surface area contributed by atoms with Crippen LogP contribution in [0.25, 0.3) is 11.1 Å². The summed E-state index contributed by atoms with van der Waals surface area (Å²) in [6, 6.07) is 2.05. The minimum absolute atomic E-state index is 0.350. The highest BCUT2D eigenvalue weighted by atomic mass is 32.1. The van der Waals surface area contributed by atoms with Crippen molar-refractivity contribution in [3.8, 4) is 11.1 Å². The third-order valence-corrected chi connectivity index (χ3v) is 4.58. The molecule has 0 fully saturated rings. The fraction of sp³-hybridized carbons (Fsp3) is 0.471. The van der Waals surface area contributed by atoms with Gasteiger partial charge in [0.15, 0.2) is 0 Å². The number of rotatable bonds is 8. The molecule has 2 rings (SSSR count). The summed E-state index contributed by atoms with van der Waals surface area (Å²) in [5.74, 6) is -0.350. The Balaban J connectivity index is 2.45. The topological polar surface area (TPSA) is 57.2 Å². The Morgan fingerprint density at radius 2 is 2.18 bits per heavy atom. The quantitative estimate of drug-likeness (QED) is 0.755. The van der Waals surface area contributed by atoms with Crippen molar-refractivity contribution in [1.82, 2.24) is 4.57 Å². The van der Waals surface area contributed by atoms with E-state index in [9.17, 15) is 4.79 Å². The molecule has 0 spiro atoms. The van der Waals surface area contributed by atoms with Gasteiger partial charge in [-0.3, -0.25) is 4.79 Å². The number of thiophene rings is 1. The van der Waals surface area contributed by atoms with Crippen LogP contribution in [0.1, 0.15) is 42.0 Å². The van der Waals surface area contributed by atoms with Crippen molar-refractivity contribution < 1.29 is 9.53 Å². The molecule has 22 heavy (non-hydrogen) atoms. The number of amides is 1. The number of primary amides is 1. The predicted octanol–water partition coefficient (Wildman–Crippen LogP) is 3.61. The smallest absolute Gasteiger partial charge is 0.251 e. The van der Waals surface area contributed by atoms with E-state index in [1.165, 1.54) is 5.69 Å². The Morgan fingerprint density at radius 1 is 1.41 bits per heavy atom. The number of carbonyl (C=O) groups is 1. The van der Waals surface area contributed by atoms with Gasteiger partial charge in [0.2, 0.25) is 0 Å². The summed E-state index contributed by atoms with van der Waals surface area (Å²) in [7, 11) is 0. The molecule has 0 atom stereocenters. The van der Waals surface area contributed by atoms with Crippen LogP contribution in [0.3, 0.4) is 0 Å². The van der Waals surface area contributed by atoms with Crippen molar-refractivity contribution in [2.24, 2.45) is 5.73 Å². The van der Waals surface area contributed by atoms with Crippen molar-refractivity contribution in [1.29, 1.82) is 0 Å². The van der Waals surface area contributed by atoms with Crippen molar-refractivity contribution >= 4 is 17.2 Å². The summed E-state index contributed by atoms with van der Waals surface area (Å²) in [4.78, 5) is 12.0. The lowest BCUT2D eigenvalue weighted by Crippen LogP contribution is -2.13. The molecule has 2 aromatic rings. The first-order chi connectivity index (χ1) is 10.6. The van der Waals surface area contributed by atoms with Crippen molar-refractivity contribution in [2.45, 2.75) is 40.2 Å². The van der Waals surface area contributed by atoms with Crippen LogP contribution in [0.5, 0.6) is 0 Å². The Hall–Kier alpha value is -1.59. The fourth-order valence-electron chi connectivity index (χ4n) is 2.96. The first kappa shape index (κ1) is 16.8. The minimum Gasteiger partial charge on any atom is -0.382 e. The van der Waals surface area contributed by atoms with E-state index in [4.69, 9.17) is 10.5 Å². The van der Waals surface area contributed by atoms with Gasteiger partial charge in [0, 0.05) is 36.7 Å². The van der Waals surface area contributed by atoms with Crippen LogP contribution >= 0.6 is 11.3 Å². The molecule has 0 bridgehead atoms. The molecule has 2 heterocycles. The van der Waals surface area contributed by atoms with Gasteiger partial charge < -0.3 is 15.0 Å². The first-order valence-electron chi connectivity index (χ1n) is 7.73. The number of hydrogen-bond donors (Lipinski definition) is 1. The molecular formula is C17H24N2O2S. The third kappa shape index (κ3) is 3.25. The summed E-state index contributed by atoms with van der Waals surface area (Å²) in [6.07, 6.45) is 1.80. The summed E-state index contributed by atoms with van der Waals surface area (Å²) in [5, 5.41) is 4.10. The van der Waals surface area contributed by atoms with Gasteiger partial charge in [-0.15, -0.1) is 0 Å². The summed E-state index contributed by atoms with van der Waals surface area (Å²) in [6.45, 7) is 8.41. The van der Waals surface area contributed by atoms with E-state index in [0.717, 1.165) is 49.4 Å². The van der Waals surface area contributed by atoms with E-state index in [1.54, 1.807) is 11.3 Å². The maximum Gasteiger partial charge on any atom is 0.251 e. The molecular weight excluding hydrogens is 296 g/mol. The summed E-state index contributed by atoms with van der Waals surface area (Å²) >= 11 is 1.63. The lowest BCUT2D eigenvalue weighted by Gasteiger charge is -2.11. The van der Waals surface area contributed by atoms with Gasteiger partial charge in [-0.25, -0.2) is 0 Å². The molecule has 0 unspecified atom stereocenters. The van der Waals surface area contributed by atoms with Gasteiger partial charge in [-0.05, 0) is 49.1 Å². The zero-order valence-electron chi connectivity index (χ0n) is 13.5. The molecule has 5 heteroatoms. The molecule has 120 valence electrons. The van der Waals surface area contributed by atoms with E-state index in [-0.39, 0.29) is 5.91 Å². The fourth-order valence-corrected chi connectivity index (χ4v) is 3.60. The molecule has 2 N–H and O–H groups in total. The van der Waals surface area contributed by atoms with E-state index >= 15 is 0 Å². The number of hydrogen-bond acceptors (Lipinski definition) is 3. The summed E-state index contributed by atoms with van der Waals surface area (Å²) in [5.41, 5.74) is 10.6. The molecule has 0 aliphatic heterocycles. The second kappa shape index (κ2) is 7.61. The Morgan fingerprint density at radius 3 is 2.73 bits per heavy atom. The van der Waals surface area contributed by atoms with E-state index in [0.29, 0.717) is 5.56 Å². The largest absolute Gasteiger partial charge is 0.382 e. The number of carbonyl (C=O) groups excluding carboxylic acids is 1. The number of nitrogens with zero attached hydrogens (tertiary/aromatic N) is 1. The minimum atomic E-state index is -0.350. The normalized spacial score (nSPS) is 11.0. The Labute approximate surface area is 135 Å². The average molecular weight is 320 g/mol. The van der Waals surface area contributed by atoms with E-state index in [2.05, 4.69) is 22.9 Å². The van der Waals surface area contributed by atoms with Crippen LogP contribution in [-0.4, -0.2) is 23.7 Å². The second-order valence-corrected chi connectivity index (χ2v) is 5.99. The molecule has 0 radical (unpaired) electrons. The SMILES string of the molecule is CCOCCCn1c(C)c(C(N)=O)c(-c2ccsc2)c1CC. The molecule has 0 saturated heterocycles. The van der Waals surface area contributed by atoms with Crippen molar-refractivity contribution in [2.75, 3.05) is 13.2 Å². The maximum absolute atomic E-state index is 12.0. The lowest BCUT2D eigenvalue weighted by atomic mass is 10.0. The molecule has 0 aromatic carbocycles. The van der Waals surface area contributed by atoms with Crippen LogP contribution in [0.15, 0.2) is 16.8 Å². The lowest BCUT2D eigenvalue weighted by molar-refractivity contribution is 0.1000. The molecule has 0 aliphatic rings. The standard InChI is InChI=1S/C17H24N2O2S/c1-4-14-16(13-7-10-22-11-13)15(17(18)20)12(3)19(14)8-6-9-21-5-2/h7,10-11H,4-6,8-9H2,1-3H3,(H2,18,20). The highest BCUT2D eigenvalue weighted by molar-refractivity contribution is 7.08. The number of aromatic nitrogens is 1. The van der Waals surface area contributed by atoms with Gasteiger partial charge in [-0.1, -0.05) is 6.92 Å². The van der Waals surface area contributed by atoms with Crippen LogP contribution < -0.4 is 5.73 Å². The highest BCUT2D eigenvalue weighted by Crippen LogP contribution is 2.34. The molecule has 0 aliphatic carbocycles. The van der Waals surface area contributed by atoms with Gasteiger partial charge in [-0.2, -0.15) is 11.3 Å². The first-order valence-corrected chi connectivity index (χ1v) is 8.68. The van der Waals surface area contributed by atoms with Gasteiger partial charge >= 0.3 is 0 Å². The van der Waals surface area contributed by atoms with Crippen LogP contribution in [0.2, 0.25) is 0 Å². The molecule has 4 nitrogen and oxygen atoms in total. The Kier molecular flexibility index (Phi) is 5.80. The van der Waals surface area contributed by atoms with Gasteiger partial charge in [0.1, 0.15) is 0 Å². The molecule has 0 saturated carbocycles. The summed E-state index contributed by atoms with van der Waals surface area (Å²) < 4.78 is 7.65. The van der Waals surface area contributed by atoms with Crippen molar-refractivity contribution in [3.05, 3.63) is 33.8 Å². The van der Waals surface area contributed by atoms with E-state index < -0.39 is 0 Å². The van der Waals surface area contributed by atoms with Crippen LogP contribution in [0.4, 0.5) is 0 Å². The van der Waals surface area contributed by atoms with Crippen LogP contribution in [-0.2, 0) is 17.7 Å². The monoisotopic (exact) mass is 320 g/mol. The predicted molar refractivity (Wildman–Crippen MR) is 91.5 cm³/mol. The molecule has 2 aromatic heterocycles. The zero-order chi connectivity index (χ0) is 16.1. The highest BCUT2D eigenvalue weighted by Gasteiger charge is 2.23. The van der Waals surface area contributed by atoms with Crippen LogP contribution in [0, 0.1) is 6.92 Å². The number of nitrogens with two attached hydrogens (primary N) is 1. The van der Waals surface area contributed by atoms with E-state index in [1.807, 2.05) is 19.2 Å². The second-order valence-electron chi connectivity index (χ2n) is 5.21. The Bertz CT molecular complexity index is 630. The molecule has 1 amide bonds.